The summed E-state index contributed by atoms with van der Waals surface area (Å²) in [4.78, 5) is 72.5. The van der Waals surface area contributed by atoms with Gasteiger partial charge in [0.2, 0.25) is 0 Å². The highest BCUT2D eigenvalue weighted by molar-refractivity contribution is 7.47. The van der Waals surface area contributed by atoms with Crippen LogP contribution in [0.15, 0.2) is 0 Å². The van der Waals surface area contributed by atoms with Crippen LogP contribution in [-0.2, 0) is 65.4 Å². The maximum absolute atomic E-state index is 13.0. The molecule has 4 unspecified atom stereocenters. The van der Waals surface area contributed by atoms with E-state index in [9.17, 15) is 43.2 Å². The van der Waals surface area contributed by atoms with Crippen molar-refractivity contribution in [2.45, 2.75) is 381 Å². The van der Waals surface area contributed by atoms with E-state index in [1.807, 2.05) is 0 Å². The molecule has 0 heterocycles. The Kier molecular flexibility index (Phi) is 61.5. The number of hydrogen-bond acceptors (Lipinski definition) is 15. The first-order valence-corrected chi connectivity index (χ1v) is 40.4. The Labute approximate surface area is 556 Å². The first-order valence-electron chi connectivity index (χ1n) is 37.4. The van der Waals surface area contributed by atoms with E-state index < -0.39 is 97.5 Å². The zero-order valence-electron chi connectivity index (χ0n) is 59.3. The van der Waals surface area contributed by atoms with E-state index in [0.29, 0.717) is 25.7 Å². The number of phosphoric acid groups is 2. The number of aliphatic hydroxyl groups excluding tert-OH is 1. The Hall–Kier alpha value is -1.94. The average molecular weight is 1340 g/mol. The van der Waals surface area contributed by atoms with Crippen molar-refractivity contribution in [3.63, 3.8) is 0 Å². The second-order valence-corrected chi connectivity index (χ2v) is 29.8. The van der Waals surface area contributed by atoms with Crippen molar-refractivity contribution in [2.24, 2.45) is 17.8 Å². The van der Waals surface area contributed by atoms with Gasteiger partial charge in [0.05, 0.1) is 26.4 Å². The van der Waals surface area contributed by atoms with E-state index in [2.05, 4.69) is 48.5 Å². The first kappa shape index (κ1) is 89.1. The molecule has 0 amide bonds. The summed E-state index contributed by atoms with van der Waals surface area (Å²) < 4.78 is 68.3. The maximum atomic E-state index is 13.0. The number of esters is 4. The summed E-state index contributed by atoms with van der Waals surface area (Å²) in [5.41, 5.74) is 0. The molecular weight excluding hydrogens is 1200 g/mol. The maximum Gasteiger partial charge on any atom is 0.472 e. The zero-order chi connectivity index (χ0) is 67.3. The van der Waals surface area contributed by atoms with E-state index in [4.69, 9.17) is 37.0 Å². The topological polar surface area (TPSA) is 237 Å². The standard InChI is InChI=1S/C72H140O17P2/c1-8-11-12-13-14-32-39-46-53-69(74)82-59-67(89-72(77)56-49-42-35-28-27-29-36-43-50-63(4)5)61-86-90(78,79)84-57-66(73)58-85-91(80,81)87-62-68(60-83-70(75)54-47-40-33-25-22-21-24-31-38-45-52-65(7)10-3)88-71(76)55-48-41-34-26-20-18-16-15-17-19-23-30-37-44-51-64(6)9-2/h63-68,73H,8-62H2,1-7H3,(H,78,79)(H,80,81)/t64?,65?,66-,67+,68+/m0/s1. The lowest BCUT2D eigenvalue weighted by Crippen LogP contribution is -2.30. The van der Waals surface area contributed by atoms with E-state index in [1.54, 1.807) is 0 Å². The lowest BCUT2D eigenvalue weighted by Gasteiger charge is -2.21. The van der Waals surface area contributed by atoms with Gasteiger partial charge < -0.3 is 33.8 Å². The molecule has 7 atom stereocenters. The second-order valence-electron chi connectivity index (χ2n) is 26.9. The predicted octanol–water partition coefficient (Wildman–Crippen LogP) is 20.6. The van der Waals surface area contributed by atoms with E-state index in [1.165, 1.54) is 167 Å². The smallest absolute Gasteiger partial charge is 0.462 e. The zero-order valence-corrected chi connectivity index (χ0v) is 61.1. The minimum atomic E-state index is -4.95. The molecule has 91 heavy (non-hydrogen) atoms. The van der Waals surface area contributed by atoms with Gasteiger partial charge >= 0.3 is 39.5 Å². The van der Waals surface area contributed by atoms with Crippen molar-refractivity contribution < 1.29 is 80.2 Å². The summed E-state index contributed by atoms with van der Waals surface area (Å²) >= 11 is 0. The van der Waals surface area contributed by atoms with Gasteiger partial charge in [-0.25, -0.2) is 9.13 Å². The van der Waals surface area contributed by atoms with Gasteiger partial charge in [-0.3, -0.25) is 37.3 Å². The number of carbonyl (C=O) groups excluding carboxylic acids is 4. The average Bonchev–Trinajstić information content (AvgIpc) is 3.68. The van der Waals surface area contributed by atoms with Crippen molar-refractivity contribution in [1.82, 2.24) is 0 Å². The van der Waals surface area contributed by atoms with Crippen molar-refractivity contribution in [3.05, 3.63) is 0 Å². The Morgan fingerprint density at radius 3 is 0.835 bits per heavy atom. The molecule has 0 bridgehead atoms. The fourth-order valence-corrected chi connectivity index (χ4v) is 12.4. The molecule has 0 saturated carbocycles. The summed E-state index contributed by atoms with van der Waals surface area (Å²) in [5.74, 6) is 0.247. The molecule has 0 radical (unpaired) electrons. The Bertz CT molecular complexity index is 1790. The minimum absolute atomic E-state index is 0.104. The van der Waals surface area contributed by atoms with Crippen molar-refractivity contribution in [2.75, 3.05) is 39.6 Å². The third-order valence-corrected chi connectivity index (χ3v) is 19.3. The number of carbonyl (C=O) groups is 4. The number of rotatable bonds is 70. The highest BCUT2D eigenvalue weighted by Crippen LogP contribution is 2.45. The highest BCUT2D eigenvalue weighted by atomic mass is 31.2. The van der Waals surface area contributed by atoms with Crippen LogP contribution < -0.4 is 0 Å². The van der Waals surface area contributed by atoms with Crippen LogP contribution in [-0.4, -0.2) is 96.7 Å². The molecule has 0 aliphatic carbocycles. The first-order chi connectivity index (χ1) is 43.8. The van der Waals surface area contributed by atoms with E-state index in [0.717, 1.165) is 114 Å². The van der Waals surface area contributed by atoms with Crippen LogP contribution in [0.2, 0.25) is 0 Å². The molecule has 0 aromatic rings. The van der Waals surface area contributed by atoms with Gasteiger partial charge in [0.25, 0.3) is 0 Å². The fourth-order valence-electron chi connectivity index (χ4n) is 10.8. The largest absolute Gasteiger partial charge is 0.472 e. The number of unbranched alkanes of at least 4 members (excludes halogenated alkanes) is 36. The van der Waals surface area contributed by atoms with Gasteiger partial charge in [-0.2, -0.15) is 0 Å². The normalized spacial score (nSPS) is 14.8. The summed E-state index contributed by atoms with van der Waals surface area (Å²) in [6.45, 7) is 11.9. The third-order valence-electron chi connectivity index (χ3n) is 17.4. The Balaban J connectivity index is 5.22. The molecule has 0 fully saturated rings. The molecule has 19 heteroatoms. The van der Waals surface area contributed by atoms with Crippen molar-refractivity contribution in [1.29, 1.82) is 0 Å². The van der Waals surface area contributed by atoms with Gasteiger partial charge in [0.15, 0.2) is 12.2 Å². The van der Waals surface area contributed by atoms with Gasteiger partial charge in [0.1, 0.15) is 19.3 Å². The van der Waals surface area contributed by atoms with Crippen LogP contribution in [0.4, 0.5) is 0 Å². The van der Waals surface area contributed by atoms with Crippen LogP contribution in [0.3, 0.4) is 0 Å². The number of aliphatic hydroxyl groups is 1. The third kappa shape index (κ3) is 63.9. The van der Waals surface area contributed by atoms with Crippen LogP contribution in [0.25, 0.3) is 0 Å². The summed E-state index contributed by atoms with van der Waals surface area (Å²) in [6, 6.07) is 0. The van der Waals surface area contributed by atoms with Gasteiger partial charge in [-0.05, 0) is 43.4 Å². The molecule has 17 nitrogen and oxygen atoms in total. The van der Waals surface area contributed by atoms with Crippen molar-refractivity contribution in [3.8, 4) is 0 Å². The van der Waals surface area contributed by atoms with Gasteiger partial charge in [0, 0.05) is 25.7 Å². The molecule has 0 saturated heterocycles. The molecule has 3 N–H and O–H groups in total. The Morgan fingerprint density at radius 2 is 0.560 bits per heavy atom. The van der Waals surface area contributed by atoms with Crippen LogP contribution in [0.1, 0.15) is 363 Å². The van der Waals surface area contributed by atoms with Crippen LogP contribution in [0, 0.1) is 17.8 Å². The molecule has 0 spiro atoms. The molecule has 0 aromatic heterocycles. The second kappa shape index (κ2) is 62.8. The summed E-state index contributed by atoms with van der Waals surface area (Å²) in [5, 5.41) is 10.6. The number of phosphoric ester groups is 2. The molecule has 0 rings (SSSR count). The fraction of sp³-hybridized carbons (Fsp3) is 0.944. The van der Waals surface area contributed by atoms with Gasteiger partial charge in [-0.15, -0.1) is 0 Å². The highest BCUT2D eigenvalue weighted by Gasteiger charge is 2.30. The number of ether oxygens (including phenoxy) is 4. The monoisotopic (exact) mass is 1340 g/mol. The van der Waals surface area contributed by atoms with Crippen molar-refractivity contribution >= 4 is 39.5 Å². The van der Waals surface area contributed by atoms with E-state index >= 15 is 0 Å². The van der Waals surface area contributed by atoms with Gasteiger partial charge in [-0.1, -0.05) is 312 Å². The predicted molar refractivity (Wildman–Crippen MR) is 368 cm³/mol. The molecular formula is C72H140O17P2. The van der Waals surface area contributed by atoms with Crippen LogP contribution >= 0.6 is 15.6 Å². The van der Waals surface area contributed by atoms with Crippen LogP contribution in [0.5, 0.6) is 0 Å². The van der Waals surface area contributed by atoms with E-state index in [-0.39, 0.29) is 25.7 Å². The number of hydrogen-bond donors (Lipinski definition) is 3. The molecule has 0 aliphatic rings. The summed E-state index contributed by atoms with van der Waals surface area (Å²) in [6.07, 6.45) is 47.1. The SMILES string of the molecule is CCCCCCCCCCC(=O)OC[C@H](COP(=O)(O)OC[C@H](O)COP(=O)(O)OC[C@@H](COC(=O)CCCCCCCCCCCCC(C)CC)OC(=O)CCCCCCCCCCCCCCCCC(C)CC)OC(=O)CCCCCCCCCCC(C)C. The minimum Gasteiger partial charge on any atom is -0.462 e. The Morgan fingerprint density at radius 1 is 0.319 bits per heavy atom. The molecule has 0 aliphatic heterocycles. The quantitative estimate of drug-likeness (QED) is 0.0222. The molecule has 0 aromatic carbocycles. The lowest BCUT2D eigenvalue weighted by atomic mass is 9.99. The summed E-state index contributed by atoms with van der Waals surface area (Å²) in [7, 11) is -9.90. The lowest BCUT2D eigenvalue weighted by molar-refractivity contribution is -0.161. The molecule has 540 valence electrons.